The van der Waals surface area contributed by atoms with E-state index < -0.39 is 0 Å². The van der Waals surface area contributed by atoms with Crippen LogP contribution in [0.15, 0.2) is 36.4 Å². The summed E-state index contributed by atoms with van der Waals surface area (Å²) in [5, 5.41) is 8.63. The molecule has 3 aromatic rings. The Balaban J connectivity index is 1.16. The molecule has 2 aromatic carbocycles. The number of benzene rings is 2. The lowest BCUT2D eigenvalue weighted by molar-refractivity contribution is -0.107. The molecule has 2 bridgehead atoms. The van der Waals surface area contributed by atoms with Crippen LogP contribution in [0.3, 0.4) is 0 Å². The number of fused-ring (bicyclic) bond motifs is 3. The largest absolute Gasteiger partial charge is 0.493 e. The third-order valence-corrected chi connectivity index (χ3v) is 7.19. The topological polar surface area (TPSA) is 67.5 Å². The molecule has 2 atom stereocenters. The second-order valence-corrected chi connectivity index (χ2v) is 9.15. The Morgan fingerprint density at radius 2 is 1.97 bits per heavy atom. The number of rotatable bonds is 9. The van der Waals surface area contributed by atoms with Gasteiger partial charge in [-0.25, -0.2) is 4.39 Å². The summed E-state index contributed by atoms with van der Waals surface area (Å²) in [6.07, 6.45) is 6.86. The van der Waals surface area contributed by atoms with E-state index in [1.165, 1.54) is 25.0 Å². The zero-order valence-electron chi connectivity index (χ0n) is 18.9. The highest BCUT2D eigenvalue weighted by Crippen LogP contribution is 2.44. The summed E-state index contributed by atoms with van der Waals surface area (Å²) < 4.78 is 25.0. The second kappa shape index (κ2) is 9.51. The number of H-pyrrole nitrogens is 1. The number of piperidine rings is 1. The summed E-state index contributed by atoms with van der Waals surface area (Å²) in [4.78, 5) is 13.4. The van der Waals surface area contributed by atoms with Crippen LogP contribution in [-0.4, -0.2) is 53.7 Å². The predicted molar refractivity (Wildman–Crippen MR) is 124 cm³/mol. The minimum absolute atomic E-state index is 0.232. The number of aldehydes is 1. The van der Waals surface area contributed by atoms with Crippen LogP contribution in [0, 0.1) is 5.82 Å². The molecule has 33 heavy (non-hydrogen) atoms. The van der Waals surface area contributed by atoms with Crippen molar-refractivity contribution in [3.8, 4) is 11.5 Å². The summed E-state index contributed by atoms with van der Waals surface area (Å²) in [5.41, 5.74) is 2.80. The van der Waals surface area contributed by atoms with Gasteiger partial charge in [-0.2, -0.15) is 5.10 Å². The van der Waals surface area contributed by atoms with E-state index in [4.69, 9.17) is 9.47 Å². The number of carbonyl (C=O) groups is 1. The molecule has 0 saturated carbocycles. The smallest absolute Gasteiger partial charge is 0.161 e. The maximum Gasteiger partial charge on any atom is 0.161 e. The highest BCUT2D eigenvalue weighted by Gasteiger charge is 2.41. The van der Waals surface area contributed by atoms with Crippen molar-refractivity contribution in [2.45, 2.75) is 56.5 Å². The zero-order chi connectivity index (χ0) is 22.8. The number of nitrogens with one attached hydrogen (secondary N) is 1. The van der Waals surface area contributed by atoms with E-state index in [0.717, 1.165) is 60.0 Å². The zero-order valence-corrected chi connectivity index (χ0v) is 18.9. The minimum atomic E-state index is -0.232. The third kappa shape index (κ3) is 4.47. The lowest BCUT2D eigenvalue weighted by Crippen LogP contribution is -2.43. The van der Waals surface area contributed by atoms with E-state index >= 15 is 0 Å². The first-order chi connectivity index (χ1) is 16.2. The number of aromatic amines is 1. The van der Waals surface area contributed by atoms with Gasteiger partial charge >= 0.3 is 0 Å². The van der Waals surface area contributed by atoms with Gasteiger partial charge in [0, 0.05) is 36.4 Å². The molecule has 2 aliphatic heterocycles. The van der Waals surface area contributed by atoms with Crippen LogP contribution < -0.4 is 9.47 Å². The van der Waals surface area contributed by atoms with Crippen molar-refractivity contribution in [1.29, 1.82) is 0 Å². The number of hydrogen-bond acceptors (Lipinski definition) is 5. The van der Waals surface area contributed by atoms with E-state index in [1.54, 1.807) is 7.11 Å². The first kappa shape index (κ1) is 21.9. The van der Waals surface area contributed by atoms with Crippen molar-refractivity contribution in [2.24, 2.45) is 0 Å². The van der Waals surface area contributed by atoms with Gasteiger partial charge in [0.2, 0.25) is 0 Å². The molecule has 6 nitrogen and oxygen atoms in total. The summed E-state index contributed by atoms with van der Waals surface area (Å²) in [5.74, 6) is 1.57. The molecular weight excluding hydrogens is 421 g/mol. The van der Waals surface area contributed by atoms with Gasteiger partial charge in [-0.1, -0.05) is 6.07 Å². The van der Waals surface area contributed by atoms with Crippen molar-refractivity contribution < 1.29 is 18.7 Å². The Kier molecular flexibility index (Phi) is 6.31. The maximum absolute atomic E-state index is 13.5. The SMILES string of the molecule is COc1cc(CC=O)ccc1OCCCN1C2CCC1CC(c1n[nH]c3cc(F)ccc13)C2. The summed E-state index contributed by atoms with van der Waals surface area (Å²) in [7, 11) is 1.62. The molecule has 7 heteroatoms. The lowest BCUT2D eigenvalue weighted by atomic mass is 9.86. The van der Waals surface area contributed by atoms with Crippen LogP contribution in [0.2, 0.25) is 0 Å². The van der Waals surface area contributed by atoms with Gasteiger partial charge in [-0.3, -0.25) is 10.00 Å². The first-order valence-electron chi connectivity index (χ1n) is 11.8. The Hall–Kier alpha value is -2.93. The predicted octanol–water partition coefficient (Wildman–Crippen LogP) is 4.63. The molecule has 1 N–H and O–H groups in total. The van der Waals surface area contributed by atoms with E-state index in [-0.39, 0.29) is 5.82 Å². The quantitative estimate of drug-likeness (QED) is 0.380. The number of hydrogen-bond donors (Lipinski definition) is 1. The molecule has 1 aromatic heterocycles. The Labute approximate surface area is 193 Å². The van der Waals surface area contributed by atoms with Crippen molar-refractivity contribution in [3.05, 3.63) is 53.5 Å². The van der Waals surface area contributed by atoms with Gasteiger partial charge < -0.3 is 14.3 Å². The van der Waals surface area contributed by atoms with E-state index in [1.807, 2.05) is 24.3 Å². The maximum atomic E-state index is 13.5. The third-order valence-electron chi connectivity index (χ3n) is 7.19. The van der Waals surface area contributed by atoms with Crippen molar-refractivity contribution in [1.82, 2.24) is 15.1 Å². The fourth-order valence-electron chi connectivity index (χ4n) is 5.67. The monoisotopic (exact) mass is 451 g/mol. The Bertz CT molecular complexity index is 1120. The number of methoxy groups -OCH3 is 1. The van der Waals surface area contributed by atoms with Crippen LogP contribution in [0.25, 0.3) is 10.9 Å². The summed E-state index contributed by atoms with van der Waals surface area (Å²) in [6, 6.07) is 11.7. The van der Waals surface area contributed by atoms with Gasteiger partial charge in [-0.05, 0) is 68.0 Å². The molecule has 2 unspecified atom stereocenters. The lowest BCUT2D eigenvalue weighted by Gasteiger charge is -2.38. The molecule has 3 heterocycles. The van der Waals surface area contributed by atoms with Gasteiger partial charge in [0.25, 0.3) is 0 Å². The molecule has 174 valence electrons. The fourth-order valence-corrected chi connectivity index (χ4v) is 5.67. The Morgan fingerprint density at radius 3 is 2.73 bits per heavy atom. The van der Waals surface area contributed by atoms with Gasteiger partial charge in [0.05, 0.1) is 24.9 Å². The van der Waals surface area contributed by atoms with Crippen molar-refractivity contribution in [2.75, 3.05) is 20.3 Å². The van der Waals surface area contributed by atoms with Crippen molar-refractivity contribution >= 4 is 17.2 Å². The van der Waals surface area contributed by atoms with Crippen LogP contribution in [0.5, 0.6) is 11.5 Å². The highest BCUT2D eigenvalue weighted by molar-refractivity contribution is 5.81. The summed E-state index contributed by atoms with van der Waals surface area (Å²) in [6.45, 7) is 1.64. The highest BCUT2D eigenvalue weighted by atomic mass is 19.1. The number of halogens is 1. The van der Waals surface area contributed by atoms with Crippen LogP contribution >= 0.6 is 0 Å². The molecule has 2 fully saturated rings. The molecule has 5 rings (SSSR count). The second-order valence-electron chi connectivity index (χ2n) is 9.15. The summed E-state index contributed by atoms with van der Waals surface area (Å²) >= 11 is 0. The van der Waals surface area contributed by atoms with Crippen LogP contribution in [0.1, 0.15) is 49.3 Å². The number of nitrogens with zero attached hydrogens (tertiary/aromatic N) is 2. The molecule has 2 aliphatic rings. The molecule has 0 spiro atoms. The average Bonchev–Trinajstić information content (AvgIpc) is 3.33. The van der Waals surface area contributed by atoms with Gasteiger partial charge in [0.1, 0.15) is 12.1 Å². The molecular formula is C26H30FN3O3. The van der Waals surface area contributed by atoms with Crippen LogP contribution in [-0.2, 0) is 11.2 Å². The van der Waals surface area contributed by atoms with E-state index in [2.05, 4.69) is 15.1 Å². The van der Waals surface area contributed by atoms with E-state index in [9.17, 15) is 9.18 Å². The average molecular weight is 452 g/mol. The minimum Gasteiger partial charge on any atom is -0.493 e. The normalized spacial score (nSPS) is 22.5. The fraction of sp³-hybridized carbons (Fsp3) is 0.462. The first-order valence-corrected chi connectivity index (χ1v) is 11.8. The molecule has 0 aliphatic carbocycles. The molecule has 2 saturated heterocycles. The Morgan fingerprint density at radius 1 is 1.15 bits per heavy atom. The number of carbonyl (C=O) groups excluding carboxylic acids is 1. The number of aromatic nitrogens is 2. The number of ether oxygens (including phenoxy) is 2. The molecule has 0 radical (unpaired) electrons. The molecule has 0 amide bonds. The van der Waals surface area contributed by atoms with Gasteiger partial charge in [-0.15, -0.1) is 0 Å². The van der Waals surface area contributed by atoms with Gasteiger partial charge in [0.15, 0.2) is 11.5 Å². The van der Waals surface area contributed by atoms with Crippen molar-refractivity contribution in [3.63, 3.8) is 0 Å². The van der Waals surface area contributed by atoms with E-state index in [0.29, 0.717) is 36.8 Å². The standard InChI is InChI=1S/C26H30FN3O3/c1-32-25-13-17(9-11-31)3-8-24(25)33-12-2-10-30-20-5-6-21(30)15-18(14-20)26-22-7-4-19(27)16-23(22)28-29-26/h3-4,7-8,11,13,16,18,20-21H,2,5-6,9-10,12,14-15H2,1H3,(H,28,29). The van der Waals surface area contributed by atoms with Crippen LogP contribution in [0.4, 0.5) is 4.39 Å².